The summed E-state index contributed by atoms with van der Waals surface area (Å²) in [5, 5.41) is 6.25. The predicted octanol–water partition coefficient (Wildman–Crippen LogP) is 4.19. The van der Waals surface area contributed by atoms with Gasteiger partial charge in [-0.05, 0) is 36.7 Å². The van der Waals surface area contributed by atoms with Gasteiger partial charge in [-0.25, -0.2) is 0 Å². The van der Waals surface area contributed by atoms with Gasteiger partial charge >= 0.3 is 0 Å². The molecule has 2 aromatic carbocycles. The smallest absolute Gasteiger partial charge is 0.255 e. The van der Waals surface area contributed by atoms with Crippen LogP contribution in [-0.2, 0) is 0 Å². The van der Waals surface area contributed by atoms with Gasteiger partial charge < -0.3 is 5.32 Å². The molecule has 5 heteroatoms. The minimum Gasteiger partial charge on any atom is -0.322 e. The van der Waals surface area contributed by atoms with E-state index in [0.717, 1.165) is 5.56 Å². The van der Waals surface area contributed by atoms with Crippen molar-refractivity contribution in [1.29, 1.82) is 0 Å². The van der Waals surface area contributed by atoms with E-state index in [1.54, 1.807) is 30.3 Å². The molecular formula is C14H12N4O. The zero-order valence-corrected chi connectivity index (χ0v) is 10.4. The Bertz CT molecular complexity index is 643. The average Bonchev–Trinajstić information content (AvgIpc) is 2.41. The molecule has 0 aliphatic heterocycles. The standard InChI is InChI=1S/C14H12N4O/c1-10-3-2-4-11(9-10)14(19)16-12-5-7-13(8-6-12)17-18-15/h2-9H,1H3,(H,16,19). The second-order valence-electron chi connectivity index (χ2n) is 4.06. The van der Waals surface area contributed by atoms with Crippen LogP contribution in [0.2, 0.25) is 0 Å². The first kappa shape index (κ1) is 12.7. The summed E-state index contributed by atoms with van der Waals surface area (Å²) in [7, 11) is 0. The zero-order chi connectivity index (χ0) is 13.7. The highest BCUT2D eigenvalue weighted by molar-refractivity contribution is 6.04. The van der Waals surface area contributed by atoms with Crippen LogP contribution in [0.3, 0.4) is 0 Å². The molecule has 0 bridgehead atoms. The van der Waals surface area contributed by atoms with Gasteiger partial charge in [0.2, 0.25) is 0 Å². The minimum atomic E-state index is -0.166. The maximum Gasteiger partial charge on any atom is 0.255 e. The predicted molar refractivity (Wildman–Crippen MR) is 74.4 cm³/mol. The van der Waals surface area contributed by atoms with Gasteiger partial charge in [-0.1, -0.05) is 34.9 Å². The summed E-state index contributed by atoms with van der Waals surface area (Å²) in [4.78, 5) is 14.7. The Morgan fingerprint density at radius 3 is 2.58 bits per heavy atom. The lowest BCUT2D eigenvalue weighted by atomic mass is 10.1. The normalized spacial score (nSPS) is 9.53. The van der Waals surface area contributed by atoms with E-state index in [-0.39, 0.29) is 5.91 Å². The van der Waals surface area contributed by atoms with Crippen molar-refractivity contribution in [2.75, 3.05) is 5.32 Å². The molecule has 19 heavy (non-hydrogen) atoms. The van der Waals surface area contributed by atoms with Crippen molar-refractivity contribution in [1.82, 2.24) is 0 Å². The third-order valence-electron chi connectivity index (χ3n) is 2.57. The van der Waals surface area contributed by atoms with E-state index in [1.165, 1.54) is 0 Å². The summed E-state index contributed by atoms with van der Waals surface area (Å²) in [5.74, 6) is -0.166. The monoisotopic (exact) mass is 252 g/mol. The molecule has 1 amide bonds. The van der Waals surface area contributed by atoms with Gasteiger partial charge in [0.15, 0.2) is 0 Å². The Hall–Kier alpha value is -2.78. The van der Waals surface area contributed by atoms with Gasteiger partial charge in [-0.15, -0.1) is 0 Å². The van der Waals surface area contributed by atoms with Crippen molar-refractivity contribution in [2.24, 2.45) is 5.11 Å². The number of azide groups is 1. The summed E-state index contributed by atoms with van der Waals surface area (Å²) in [6.07, 6.45) is 0. The fourth-order valence-corrected chi connectivity index (χ4v) is 1.65. The molecule has 0 radical (unpaired) electrons. The highest BCUT2D eigenvalue weighted by Crippen LogP contribution is 2.17. The van der Waals surface area contributed by atoms with Crippen LogP contribution in [0, 0.1) is 6.92 Å². The molecule has 0 spiro atoms. The number of rotatable bonds is 3. The highest BCUT2D eigenvalue weighted by atomic mass is 16.1. The lowest BCUT2D eigenvalue weighted by Crippen LogP contribution is -2.11. The van der Waals surface area contributed by atoms with Crippen molar-refractivity contribution in [2.45, 2.75) is 6.92 Å². The van der Waals surface area contributed by atoms with E-state index in [4.69, 9.17) is 5.53 Å². The van der Waals surface area contributed by atoms with E-state index in [9.17, 15) is 4.79 Å². The van der Waals surface area contributed by atoms with Crippen molar-refractivity contribution >= 4 is 17.3 Å². The van der Waals surface area contributed by atoms with Gasteiger partial charge in [0, 0.05) is 21.8 Å². The van der Waals surface area contributed by atoms with E-state index in [0.29, 0.717) is 16.9 Å². The molecule has 0 heterocycles. The molecule has 0 aliphatic carbocycles. The number of amides is 1. The van der Waals surface area contributed by atoms with Crippen molar-refractivity contribution < 1.29 is 4.79 Å². The second-order valence-corrected chi connectivity index (χ2v) is 4.06. The average molecular weight is 252 g/mol. The van der Waals surface area contributed by atoms with Crippen LogP contribution in [0.1, 0.15) is 15.9 Å². The molecule has 0 aromatic heterocycles. The maximum absolute atomic E-state index is 12.0. The summed E-state index contributed by atoms with van der Waals surface area (Å²) < 4.78 is 0. The molecule has 5 nitrogen and oxygen atoms in total. The van der Waals surface area contributed by atoms with Crippen LogP contribution in [0.4, 0.5) is 11.4 Å². The number of hydrogen-bond donors (Lipinski definition) is 1. The molecule has 0 unspecified atom stereocenters. The molecule has 0 saturated heterocycles. The van der Waals surface area contributed by atoms with Crippen LogP contribution in [0.15, 0.2) is 53.6 Å². The van der Waals surface area contributed by atoms with Crippen molar-refractivity contribution in [3.05, 3.63) is 70.1 Å². The lowest BCUT2D eigenvalue weighted by Gasteiger charge is -2.06. The third-order valence-corrected chi connectivity index (χ3v) is 2.57. The number of aryl methyl sites for hydroxylation is 1. The van der Waals surface area contributed by atoms with E-state index >= 15 is 0 Å². The van der Waals surface area contributed by atoms with Crippen molar-refractivity contribution in [3.8, 4) is 0 Å². The Morgan fingerprint density at radius 2 is 1.95 bits per heavy atom. The first-order chi connectivity index (χ1) is 9.19. The molecule has 2 rings (SSSR count). The molecule has 2 aromatic rings. The summed E-state index contributed by atoms with van der Waals surface area (Å²) in [5.41, 5.74) is 11.1. The summed E-state index contributed by atoms with van der Waals surface area (Å²) in [6, 6.07) is 14.0. The van der Waals surface area contributed by atoms with Gasteiger partial charge in [0.25, 0.3) is 5.91 Å². The number of nitrogens with zero attached hydrogens (tertiary/aromatic N) is 3. The van der Waals surface area contributed by atoms with E-state index < -0.39 is 0 Å². The Kier molecular flexibility index (Phi) is 3.81. The van der Waals surface area contributed by atoms with Gasteiger partial charge in [0.05, 0.1) is 0 Å². The van der Waals surface area contributed by atoms with Gasteiger partial charge in [0.1, 0.15) is 0 Å². The Labute approximate surface area is 110 Å². The maximum atomic E-state index is 12.0. The van der Waals surface area contributed by atoms with Crippen LogP contribution in [-0.4, -0.2) is 5.91 Å². The minimum absolute atomic E-state index is 0.166. The number of benzene rings is 2. The number of nitrogens with one attached hydrogen (secondary N) is 1. The number of hydrogen-bond acceptors (Lipinski definition) is 2. The molecule has 0 aliphatic rings. The second kappa shape index (κ2) is 5.71. The first-order valence-corrected chi connectivity index (χ1v) is 5.72. The molecule has 0 atom stereocenters. The van der Waals surface area contributed by atoms with Gasteiger partial charge in [-0.3, -0.25) is 4.79 Å². The molecular weight excluding hydrogens is 240 g/mol. The zero-order valence-electron chi connectivity index (χ0n) is 10.4. The Balaban J connectivity index is 2.12. The highest BCUT2D eigenvalue weighted by Gasteiger charge is 2.05. The fraction of sp³-hybridized carbons (Fsp3) is 0.0714. The van der Waals surface area contributed by atoms with E-state index in [2.05, 4.69) is 15.3 Å². The Morgan fingerprint density at radius 1 is 1.21 bits per heavy atom. The SMILES string of the molecule is Cc1cccc(C(=O)Nc2ccc(N=[N+]=[N-])cc2)c1. The third kappa shape index (κ3) is 3.34. The number of carbonyl (C=O) groups is 1. The summed E-state index contributed by atoms with van der Waals surface area (Å²) >= 11 is 0. The molecule has 0 saturated carbocycles. The molecule has 1 N–H and O–H groups in total. The van der Waals surface area contributed by atoms with Crippen LogP contribution < -0.4 is 5.32 Å². The van der Waals surface area contributed by atoms with Crippen LogP contribution >= 0.6 is 0 Å². The van der Waals surface area contributed by atoms with Crippen molar-refractivity contribution in [3.63, 3.8) is 0 Å². The molecule has 0 fully saturated rings. The topological polar surface area (TPSA) is 77.9 Å². The van der Waals surface area contributed by atoms with Crippen LogP contribution in [0.5, 0.6) is 0 Å². The lowest BCUT2D eigenvalue weighted by molar-refractivity contribution is 0.102. The largest absolute Gasteiger partial charge is 0.322 e. The first-order valence-electron chi connectivity index (χ1n) is 5.72. The number of carbonyl (C=O) groups excluding carboxylic acids is 1. The number of anilines is 1. The van der Waals surface area contributed by atoms with Crippen LogP contribution in [0.25, 0.3) is 10.4 Å². The quantitative estimate of drug-likeness (QED) is 0.496. The van der Waals surface area contributed by atoms with E-state index in [1.807, 2.05) is 25.1 Å². The summed E-state index contributed by atoms with van der Waals surface area (Å²) in [6.45, 7) is 1.94. The van der Waals surface area contributed by atoms with Gasteiger partial charge in [-0.2, -0.15) is 0 Å². The fourth-order valence-electron chi connectivity index (χ4n) is 1.65. The molecule has 94 valence electrons.